The highest BCUT2D eigenvalue weighted by molar-refractivity contribution is 6.13. The van der Waals surface area contributed by atoms with Gasteiger partial charge in [0.05, 0.1) is 0 Å². The Morgan fingerprint density at radius 1 is 1.00 bits per heavy atom. The van der Waals surface area contributed by atoms with Crippen LogP contribution in [-0.2, 0) is 10.3 Å². The van der Waals surface area contributed by atoms with Gasteiger partial charge in [0.2, 0.25) is 0 Å². The number of hydrogen-bond donors (Lipinski definition) is 2. The van der Waals surface area contributed by atoms with E-state index in [1.807, 2.05) is 30.3 Å². The Morgan fingerprint density at radius 2 is 1.79 bits per heavy atom. The van der Waals surface area contributed by atoms with Crippen LogP contribution in [0.15, 0.2) is 42.7 Å². The second kappa shape index (κ2) is 3.20. The lowest BCUT2D eigenvalue weighted by atomic mass is 9.88. The summed E-state index contributed by atoms with van der Waals surface area (Å²) in [6, 6.07) is 8.97. The maximum atomic E-state index is 12.3. The molecule has 1 fully saturated rings. The van der Waals surface area contributed by atoms with E-state index < -0.39 is 11.6 Å². The van der Waals surface area contributed by atoms with Gasteiger partial charge in [-0.3, -0.25) is 15.1 Å². The normalized spacial score (nSPS) is 22.9. The van der Waals surface area contributed by atoms with Gasteiger partial charge in [-0.25, -0.2) is 4.79 Å². The van der Waals surface area contributed by atoms with Crippen molar-refractivity contribution in [2.24, 2.45) is 0 Å². The van der Waals surface area contributed by atoms with Crippen molar-refractivity contribution in [1.82, 2.24) is 15.6 Å². The number of amides is 3. The molecule has 1 aromatic heterocycles. The highest BCUT2D eigenvalue weighted by atomic mass is 16.2. The first-order valence-electron chi connectivity index (χ1n) is 5.91. The van der Waals surface area contributed by atoms with Gasteiger partial charge in [-0.05, 0) is 22.8 Å². The molecule has 0 bridgehead atoms. The number of imide groups is 1. The third kappa shape index (κ3) is 1.07. The van der Waals surface area contributed by atoms with Crippen LogP contribution in [-0.4, -0.2) is 16.9 Å². The predicted octanol–water partition coefficient (Wildman–Crippen LogP) is 1.14. The van der Waals surface area contributed by atoms with E-state index in [-0.39, 0.29) is 5.91 Å². The average Bonchev–Trinajstić information content (AvgIpc) is 2.89. The highest BCUT2D eigenvalue weighted by Crippen LogP contribution is 2.48. The minimum atomic E-state index is -1.13. The van der Waals surface area contributed by atoms with Gasteiger partial charge in [-0.1, -0.05) is 24.3 Å². The lowest BCUT2D eigenvalue weighted by molar-refractivity contribution is -0.122. The van der Waals surface area contributed by atoms with Gasteiger partial charge in [-0.2, -0.15) is 0 Å². The van der Waals surface area contributed by atoms with Crippen LogP contribution in [0.1, 0.15) is 11.1 Å². The van der Waals surface area contributed by atoms with E-state index in [1.165, 1.54) is 0 Å². The molecule has 3 amide bonds. The molecule has 1 spiro atoms. The first-order chi connectivity index (χ1) is 9.23. The molecule has 1 aromatic carbocycles. The van der Waals surface area contributed by atoms with E-state index in [0.717, 1.165) is 22.3 Å². The standard InChI is InChI=1S/C14H9N3O2/c18-12-14(17-13(19)16-12)10-4-2-1-3-8(10)9-5-6-15-7-11(9)14/h1-7H,(H2,16,17,18,19). The molecule has 5 nitrogen and oxygen atoms in total. The number of rotatable bonds is 0. The molecule has 2 N–H and O–H groups in total. The first-order valence-corrected chi connectivity index (χ1v) is 5.91. The topological polar surface area (TPSA) is 71.1 Å². The van der Waals surface area contributed by atoms with Crippen molar-refractivity contribution in [3.8, 4) is 11.1 Å². The predicted molar refractivity (Wildman–Crippen MR) is 67.1 cm³/mol. The monoisotopic (exact) mass is 251 g/mol. The number of urea groups is 1. The van der Waals surface area contributed by atoms with Crippen molar-refractivity contribution in [3.05, 3.63) is 53.9 Å². The summed E-state index contributed by atoms with van der Waals surface area (Å²) in [4.78, 5) is 28.0. The van der Waals surface area contributed by atoms with Crippen LogP contribution in [0.3, 0.4) is 0 Å². The molecule has 1 atom stereocenters. The third-order valence-electron chi connectivity index (χ3n) is 3.72. The molecule has 1 saturated heterocycles. The molecule has 2 heterocycles. The summed E-state index contributed by atoms with van der Waals surface area (Å²) < 4.78 is 0. The van der Waals surface area contributed by atoms with E-state index >= 15 is 0 Å². The van der Waals surface area contributed by atoms with E-state index in [2.05, 4.69) is 15.6 Å². The van der Waals surface area contributed by atoms with Gasteiger partial charge in [-0.15, -0.1) is 0 Å². The van der Waals surface area contributed by atoms with Crippen molar-refractivity contribution in [3.63, 3.8) is 0 Å². The number of fused-ring (bicyclic) bond motifs is 5. The summed E-state index contributed by atoms with van der Waals surface area (Å²) in [5.41, 5.74) is 2.28. The average molecular weight is 251 g/mol. The van der Waals surface area contributed by atoms with Crippen LogP contribution < -0.4 is 10.6 Å². The zero-order chi connectivity index (χ0) is 13.0. The summed E-state index contributed by atoms with van der Waals surface area (Å²) in [5, 5.41) is 5.07. The molecule has 1 aliphatic heterocycles. The van der Waals surface area contributed by atoms with Crippen LogP contribution in [0, 0.1) is 0 Å². The summed E-state index contributed by atoms with van der Waals surface area (Å²) in [6.45, 7) is 0. The Hall–Kier alpha value is -2.69. The first kappa shape index (κ1) is 10.3. The van der Waals surface area contributed by atoms with Gasteiger partial charge in [0.15, 0.2) is 5.54 Å². The number of carbonyl (C=O) groups excluding carboxylic acids is 2. The van der Waals surface area contributed by atoms with E-state index in [4.69, 9.17) is 0 Å². The molecular weight excluding hydrogens is 242 g/mol. The smallest absolute Gasteiger partial charge is 0.316 e. The quantitative estimate of drug-likeness (QED) is 0.690. The SMILES string of the molecule is O=C1NC(=O)C2(N1)c1ccccc1-c1ccncc12. The molecule has 1 unspecified atom stereocenters. The number of nitrogens with one attached hydrogen (secondary N) is 2. The number of carbonyl (C=O) groups is 2. The van der Waals surface area contributed by atoms with Gasteiger partial charge in [0.1, 0.15) is 0 Å². The molecule has 5 heteroatoms. The molecule has 0 radical (unpaired) electrons. The number of benzene rings is 1. The Labute approximate surface area is 108 Å². The fourth-order valence-electron chi connectivity index (χ4n) is 2.95. The summed E-state index contributed by atoms with van der Waals surface area (Å²) >= 11 is 0. The highest BCUT2D eigenvalue weighted by Gasteiger charge is 2.54. The number of pyridine rings is 1. The summed E-state index contributed by atoms with van der Waals surface area (Å²) in [7, 11) is 0. The zero-order valence-corrected chi connectivity index (χ0v) is 9.81. The molecule has 2 aromatic rings. The molecule has 0 saturated carbocycles. The zero-order valence-electron chi connectivity index (χ0n) is 9.81. The van der Waals surface area contributed by atoms with Gasteiger partial charge < -0.3 is 5.32 Å². The van der Waals surface area contributed by atoms with Crippen LogP contribution in [0.4, 0.5) is 4.79 Å². The fourth-order valence-corrected chi connectivity index (χ4v) is 2.95. The van der Waals surface area contributed by atoms with Gasteiger partial charge in [0, 0.05) is 18.0 Å². The third-order valence-corrected chi connectivity index (χ3v) is 3.72. The van der Waals surface area contributed by atoms with Crippen molar-refractivity contribution in [2.75, 3.05) is 0 Å². The summed E-state index contributed by atoms with van der Waals surface area (Å²) in [5.74, 6) is -0.350. The van der Waals surface area contributed by atoms with Gasteiger partial charge in [0.25, 0.3) is 5.91 Å². The van der Waals surface area contributed by atoms with E-state index in [0.29, 0.717) is 0 Å². The van der Waals surface area contributed by atoms with Crippen molar-refractivity contribution in [2.45, 2.75) is 5.54 Å². The molecule has 19 heavy (non-hydrogen) atoms. The maximum Gasteiger partial charge on any atom is 0.322 e. The molecule has 2 aliphatic rings. The number of aromatic nitrogens is 1. The van der Waals surface area contributed by atoms with Crippen LogP contribution in [0.25, 0.3) is 11.1 Å². The van der Waals surface area contributed by atoms with Crippen molar-refractivity contribution in [1.29, 1.82) is 0 Å². The van der Waals surface area contributed by atoms with Gasteiger partial charge >= 0.3 is 6.03 Å². The Balaban J connectivity index is 2.13. The second-order valence-electron chi connectivity index (χ2n) is 4.63. The Morgan fingerprint density at radius 3 is 2.58 bits per heavy atom. The molecular formula is C14H9N3O2. The minimum Gasteiger partial charge on any atom is -0.316 e. The molecule has 1 aliphatic carbocycles. The van der Waals surface area contributed by atoms with Crippen LogP contribution in [0.2, 0.25) is 0 Å². The largest absolute Gasteiger partial charge is 0.322 e. The van der Waals surface area contributed by atoms with Crippen molar-refractivity contribution < 1.29 is 9.59 Å². The fraction of sp³-hybridized carbons (Fsp3) is 0.0714. The van der Waals surface area contributed by atoms with Crippen LogP contribution >= 0.6 is 0 Å². The van der Waals surface area contributed by atoms with Crippen LogP contribution in [0.5, 0.6) is 0 Å². The molecule has 92 valence electrons. The number of hydrogen-bond acceptors (Lipinski definition) is 3. The maximum absolute atomic E-state index is 12.3. The Kier molecular flexibility index (Phi) is 1.73. The minimum absolute atomic E-state index is 0.350. The Bertz CT molecular complexity index is 693. The lowest BCUT2D eigenvalue weighted by Gasteiger charge is -2.22. The second-order valence-corrected chi connectivity index (χ2v) is 4.63. The van der Waals surface area contributed by atoms with E-state index in [1.54, 1.807) is 12.4 Å². The number of nitrogens with zero attached hydrogens (tertiary/aromatic N) is 1. The van der Waals surface area contributed by atoms with E-state index in [9.17, 15) is 9.59 Å². The molecule has 4 rings (SSSR count). The summed E-state index contributed by atoms with van der Waals surface area (Å²) in [6.07, 6.45) is 3.32. The van der Waals surface area contributed by atoms with Crippen molar-refractivity contribution >= 4 is 11.9 Å². The lowest BCUT2D eigenvalue weighted by Crippen LogP contribution is -2.43.